The summed E-state index contributed by atoms with van der Waals surface area (Å²) in [5, 5.41) is 3.38. The molecule has 0 saturated carbocycles. The maximum Gasteiger partial charge on any atom is 0.193 e. The van der Waals surface area contributed by atoms with Crippen LogP contribution in [0.2, 0.25) is 0 Å². The Morgan fingerprint density at radius 3 is 2.92 bits per heavy atom. The summed E-state index contributed by atoms with van der Waals surface area (Å²) in [5.74, 6) is 2.32. The van der Waals surface area contributed by atoms with Gasteiger partial charge in [0.2, 0.25) is 0 Å². The summed E-state index contributed by atoms with van der Waals surface area (Å²) in [4.78, 5) is 10.8. The summed E-state index contributed by atoms with van der Waals surface area (Å²) >= 11 is 0. The van der Waals surface area contributed by atoms with Gasteiger partial charge in [-0.3, -0.25) is 9.98 Å². The van der Waals surface area contributed by atoms with Crippen molar-refractivity contribution in [1.29, 1.82) is 0 Å². The standard InChI is InChI=1S/C19H24N4O/c1-20-19(22-11-13-24-18-8-5-10-21-14-18)23-12-9-17(15-23)16-6-3-2-4-7-16/h2-8,10,14,17H,9,11-13,15H2,1H3,(H,20,22). The Morgan fingerprint density at radius 2 is 2.17 bits per heavy atom. The molecule has 0 spiro atoms. The van der Waals surface area contributed by atoms with E-state index >= 15 is 0 Å². The molecule has 1 aliphatic rings. The molecule has 1 atom stereocenters. The van der Waals surface area contributed by atoms with Gasteiger partial charge in [0, 0.05) is 32.3 Å². The van der Waals surface area contributed by atoms with E-state index in [0.29, 0.717) is 19.1 Å². The molecule has 1 saturated heterocycles. The molecule has 0 aliphatic carbocycles. The first kappa shape index (κ1) is 16.3. The average Bonchev–Trinajstić information content (AvgIpc) is 3.13. The summed E-state index contributed by atoms with van der Waals surface area (Å²) < 4.78 is 5.66. The second-order valence-electron chi connectivity index (χ2n) is 5.85. The summed E-state index contributed by atoms with van der Waals surface area (Å²) in [7, 11) is 1.83. The van der Waals surface area contributed by atoms with Crippen LogP contribution >= 0.6 is 0 Å². The SMILES string of the molecule is CN=C(NCCOc1cccnc1)N1CCC(c2ccccc2)C1. The minimum atomic E-state index is 0.580. The first-order chi connectivity index (χ1) is 11.9. The fraction of sp³-hybridized carbons (Fsp3) is 0.368. The van der Waals surface area contributed by atoms with Crippen LogP contribution in [0.15, 0.2) is 59.9 Å². The number of hydrogen-bond acceptors (Lipinski definition) is 3. The van der Waals surface area contributed by atoms with Crippen molar-refractivity contribution in [3.63, 3.8) is 0 Å². The van der Waals surface area contributed by atoms with Crippen molar-refractivity contribution in [2.45, 2.75) is 12.3 Å². The number of aliphatic imine (C=N–C) groups is 1. The number of aromatic nitrogens is 1. The molecule has 1 N–H and O–H groups in total. The lowest BCUT2D eigenvalue weighted by atomic mass is 9.99. The normalized spacial score (nSPS) is 17.8. The third kappa shape index (κ3) is 4.25. The van der Waals surface area contributed by atoms with Crippen LogP contribution in [0.25, 0.3) is 0 Å². The summed E-state index contributed by atoms with van der Waals surface area (Å²) in [6.45, 7) is 3.34. The van der Waals surface area contributed by atoms with Crippen molar-refractivity contribution in [3.05, 3.63) is 60.4 Å². The molecule has 1 aromatic carbocycles. The van der Waals surface area contributed by atoms with Gasteiger partial charge in [0.25, 0.3) is 0 Å². The van der Waals surface area contributed by atoms with Crippen molar-refractivity contribution in [3.8, 4) is 5.75 Å². The first-order valence-electron chi connectivity index (χ1n) is 8.40. The lowest BCUT2D eigenvalue weighted by molar-refractivity contribution is 0.318. The zero-order valence-electron chi connectivity index (χ0n) is 14.1. The van der Waals surface area contributed by atoms with Crippen LogP contribution in [0.1, 0.15) is 17.9 Å². The van der Waals surface area contributed by atoms with Crippen LogP contribution < -0.4 is 10.1 Å². The van der Waals surface area contributed by atoms with Gasteiger partial charge in [0.05, 0.1) is 12.7 Å². The van der Waals surface area contributed by atoms with E-state index in [9.17, 15) is 0 Å². The van der Waals surface area contributed by atoms with Gasteiger partial charge in [0.15, 0.2) is 5.96 Å². The molecule has 1 aromatic heterocycles. The van der Waals surface area contributed by atoms with Gasteiger partial charge >= 0.3 is 0 Å². The Hall–Kier alpha value is -2.56. The Balaban J connectivity index is 1.45. The van der Waals surface area contributed by atoms with E-state index < -0.39 is 0 Å². The van der Waals surface area contributed by atoms with E-state index in [1.54, 1.807) is 12.4 Å². The van der Waals surface area contributed by atoms with Crippen molar-refractivity contribution in [1.82, 2.24) is 15.2 Å². The van der Waals surface area contributed by atoms with Gasteiger partial charge in [-0.25, -0.2) is 0 Å². The first-order valence-corrected chi connectivity index (χ1v) is 8.40. The third-order valence-corrected chi connectivity index (χ3v) is 4.26. The zero-order valence-corrected chi connectivity index (χ0v) is 14.1. The number of nitrogens with zero attached hydrogens (tertiary/aromatic N) is 3. The Kier molecular flexibility index (Phi) is 5.66. The van der Waals surface area contributed by atoms with Gasteiger partial charge in [0.1, 0.15) is 12.4 Å². The van der Waals surface area contributed by atoms with E-state index in [-0.39, 0.29) is 0 Å². The molecule has 0 amide bonds. The smallest absolute Gasteiger partial charge is 0.193 e. The number of likely N-dealkylation sites (tertiary alicyclic amines) is 1. The monoisotopic (exact) mass is 324 g/mol. The summed E-state index contributed by atoms with van der Waals surface area (Å²) in [6, 6.07) is 14.5. The van der Waals surface area contributed by atoms with Crippen LogP contribution in [0.3, 0.4) is 0 Å². The van der Waals surface area contributed by atoms with Crippen molar-refractivity contribution in [2.24, 2.45) is 4.99 Å². The summed E-state index contributed by atoms with van der Waals surface area (Å²) in [6.07, 6.45) is 4.63. The molecular weight excluding hydrogens is 300 g/mol. The predicted octanol–water partition coefficient (Wildman–Crippen LogP) is 2.53. The second-order valence-corrected chi connectivity index (χ2v) is 5.85. The van der Waals surface area contributed by atoms with E-state index in [0.717, 1.165) is 31.2 Å². The molecule has 24 heavy (non-hydrogen) atoms. The van der Waals surface area contributed by atoms with E-state index in [1.807, 2.05) is 19.2 Å². The molecular formula is C19H24N4O. The minimum Gasteiger partial charge on any atom is -0.490 e. The number of rotatable bonds is 5. The molecule has 1 aliphatic heterocycles. The number of hydrogen-bond donors (Lipinski definition) is 1. The highest BCUT2D eigenvalue weighted by Crippen LogP contribution is 2.26. The van der Waals surface area contributed by atoms with Crippen molar-refractivity contribution in [2.75, 3.05) is 33.3 Å². The minimum absolute atomic E-state index is 0.580. The van der Waals surface area contributed by atoms with Gasteiger partial charge in [-0.05, 0) is 24.1 Å². The Morgan fingerprint density at radius 1 is 1.29 bits per heavy atom. The number of nitrogens with one attached hydrogen (secondary N) is 1. The van der Waals surface area contributed by atoms with Crippen LogP contribution in [0.4, 0.5) is 0 Å². The highest BCUT2D eigenvalue weighted by molar-refractivity contribution is 5.80. The average molecular weight is 324 g/mol. The number of pyridine rings is 1. The molecule has 0 radical (unpaired) electrons. The number of ether oxygens (including phenoxy) is 1. The van der Waals surface area contributed by atoms with E-state index in [1.165, 1.54) is 5.56 Å². The number of guanidine groups is 1. The molecule has 3 rings (SSSR count). The Bertz CT molecular complexity index is 645. The molecule has 0 bridgehead atoms. The molecule has 2 aromatic rings. The van der Waals surface area contributed by atoms with Crippen LogP contribution in [0.5, 0.6) is 5.75 Å². The van der Waals surface area contributed by atoms with E-state index in [4.69, 9.17) is 4.74 Å². The van der Waals surface area contributed by atoms with Crippen LogP contribution in [-0.2, 0) is 0 Å². The largest absolute Gasteiger partial charge is 0.490 e. The lowest BCUT2D eigenvalue weighted by Crippen LogP contribution is -2.41. The molecule has 2 heterocycles. The molecule has 1 fully saturated rings. The number of benzene rings is 1. The van der Waals surface area contributed by atoms with Gasteiger partial charge in [-0.1, -0.05) is 30.3 Å². The van der Waals surface area contributed by atoms with Crippen LogP contribution in [0, 0.1) is 0 Å². The van der Waals surface area contributed by atoms with Gasteiger partial charge < -0.3 is 15.0 Å². The van der Waals surface area contributed by atoms with E-state index in [2.05, 4.69) is 50.5 Å². The highest BCUT2D eigenvalue weighted by atomic mass is 16.5. The quantitative estimate of drug-likeness (QED) is 0.522. The van der Waals surface area contributed by atoms with Gasteiger partial charge in [-0.2, -0.15) is 0 Å². The predicted molar refractivity (Wildman–Crippen MR) is 96.5 cm³/mol. The fourth-order valence-electron chi connectivity index (χ4n) is 3.05. The zero-order chi connectivity index (χ0) is 16.6. The lowest BCUT2D eigenvalue weighted by Gasteiger charge is -2.21. The topological polar surface area (TPSA) is 49.8 Å². The second kappa shape index (κ2) is 8.34. The molecule has 126 valence electrons. The fourth-order valence-corrected chi connectivity index (χ4v) is 3.05. The molecule has 5 heteroatoms. The third-order valence-electron chi connectivity index (χ3n) is 4.26. The molecule has 1 unspecified atom stereocenters. The summed E-state index contributed by atoms with van der Waals surface area (Å²) in [5.41, 5.74) is 1.41. The Labute approximate surface area is 143 Å². The highest BCUT2D eigenvalue weighted by Gasteiger charge is 2.25. The van der Waals surface area contributed by atoms with Gasteiger partial charge in [-0.15, -0.1) is 0 Å². The molecule has 5 nitrogen and oxygen atoms in total. The maximum absolute atomic E-state index is 5.66. The van der Waals surface area contributed by atoms with Crippen molar-refractivity contribution >= 4 is 5.96 Å². The van der Waals surface area contributed by atoms with Crippen LogP contribution in [-0.4, -0.2) is 49.1 Å². The van der Waals surface area contributed by atoms with Crippen molar-refractivity contribution < 1.29 is 4.74 Å². The maximum atomic E-state index is 5.66.